The number of thiophene rings is 1. The standard InChI is InChI=1S/C13H18N2O4S/c1-8(16)11(12(17)18)14-13(19)15(10-2-3-10)6-9-4-5-20-7-9/h4-5,7-8,10-11,16H,2-3,6H2,1H3,(H,14,19)(H,17,18). The van der Waals surface area contributed by atoms with Crippen molar-refractivity contribution in [2.24, 2.45) is 0 Å². The Labute approximate surface area is 121 Å². The number of aliphatic hydroxyl groups excluding tert-OH is 1. The van der Waals surface area contributed by atoms with Gasteiger partial charge in [0.2, 0.25) is 0 Å². The van der Waals surface area contributed by atoms with E-state index in [1.807, 2.05) is 16.8 Å². The first-order valence-electron chi connectivity index (χ1n) is 6.48. The van der Waals surface area contributed by atoms with Crippen molar-refractivity contribution >= 4 is 23.3 Å². The van der Waals surface area contributed by atoms with Gasteiger partial charge in [0.1, 0.15) is 0 Å². The van der Waals surface area contributed by atoms with Crippen LogP contribution in [0.5, 0.6) is 0 Å². The van der Waals surface area contributed by atoms with Crippen LogP contribution in [0.1, 0.15) is 25.3 Å². The molecule has 2 unspecified atom stereocenters. The molecular formula is C13H18N2O4S. The smallest absolute Gasteiger partial charge is 0.328 e. The second kappa shape index (κ2) is 6.23. The number of aliphatic carboxylic acids is 1. The SMILES string of the molecule is CC(O)C(NC(=O)N(Cc1ccsc1)C1CC1)C(=O)O. The van der Waals surface area contributed by atoms with E-state index in [1.54, 1.807) is 16.2 Å². The summed E-state index contributed by atoms with van der Waals surface area (Å²) < 4.78 is 0. The number of amides is 2. The molecule has 1 aromatic heterocycles. The lowest BCUT2D eigenvalue weighted by atomic mass is 10.2. The second-order valence-corrected chi connectivity index (χ2v) is 5.78. The minimum atomic E-state index is -1.29. The van der Waals surface area contributed by atoms with Crippen LogP contribution in [0.25, 0.3) is 0 Å². The van der Waals surface area contributed by atoms with Crippen molar-refractivity contribution in [2.45, 2.75) is 44.5 Å². The maximum Gasteiger partial charge on any atom is 0.328 e. The van der Waals surface area contributed by atoms with Crippen molar-refractivity contribution in [3.8, 4) is 0 Å². The Balaban J connectivity index is 2.01. The van der Waals surface area contributed by atoms with Gasteiger partial charge >= 0.3 is 12.0 Å². The molecule has 20 heavy (non-hydrogen) atoms. The maximum atomic E-state index is 12.2. The van der Waals surface area contributed by atoms with E-state index in [-0.39, 0.29) is 6.04 Å². The Morgan fingerprint density at radius 1 is 1.55 bits per heavy atom. The molecule has 1 saturated carbocycles. The number of hydrogen-bond acceptors (Lipinski definition) is 4. The Morgan fingerprint density at radius 3 is 2.70 bits per heavy atom. The number of rotatable bonds is 6. The van der Waals surface area contributed by atoms with Gasteiger partial charge in [0.25, 0.3) is 0 Å². The van der Waals surface area contributed by atoms with Crippen molar-refractivity contribution in [2.75, 3.05) is 0 Å². The number of hydrogen-bond donors (Lipinski definition) is 3. The molecule has 1 aliphatic carbocycles. The van der Waals surface area contributed by atoms with Gasteiger partial charge in [0.05, 0.1) is 6.10 Å². The van der Waals surface area contributed by atoms with Crippen LogP contribution in [0.3, 0.4) is 0 Å². The third kappa shape index (κ3) is 3.71. The first kappa shape index (κ1) is 14.8. The van der Waals surface area contributed by atoms with E-state index in [0.29, 0.717) is 6.54 Å². The third-order valence-electron chi connectivity index (χ3n) is 3.21. The molecule has 1 aliphatic rings. The van der Waals surface area contributed by atoms with Gasteiger partial charge in [-0.3, -0.25) is 0 Å². The number of carbonyl (C=O) groups is 2. The maximum absolute atomic E-state index is 12.2. The third-order valence-corrected chi connectivity index (χ3v) is 3.94. The topological polar surface area (TPSA) is 89.9 Å². The molecule has 0 aromatic carbocycles. The number of nitrogens with zero attached hydrogens (tertiary/aromatic N) is 1. The molecule has 6 nitrogen and oxygen atoms in total. The average molecular weight is 298 g/mol. The highest BCUT2D eigenvalue weighted by molar-refractivity contribution is 7.07. The van der Waals surface area contributed by atoms with Gasteiger partial charge in [-0.15, -0.1) is 0 Å². The Kier molecular flexibility index (Phi) is 4.61. The number of carboxylic acid groups (broad SMARTS) is 1. The molecule has 0 radical (unpaired) electrons. The van der Waals surface area contributed by atoms with E-state index < -0.39 is 24.1 Å². The summed E-state index contributed by atoms with van der Waals surface area (Å²) in [5.41, 5.74) is 1.03. The summed E-state index contributed by atoms with van der Waals surface area (Å²) in [6.45, 7) is 1.81. The zero-order valence-corrected chi connectivity index (χ0v) is 12.0. The van der Waals surface area contributed by atoms with Gasteiger partial charge < -0.3 is 20.4 Å². The van der Waals surface area contributed by atoms with Crippen molar-refractivity contribution in [1.29, 1.82) is 0 Å². The zero-order chi connectivity index (χ0) is 14.7. The fraction of sp³-hybridized carbons (Fsp3) is 0.538. The first-order chi connectivity index (χ1) is 9.49. The van der Waals surface area contributed by atoms with Crippen LogP contribution in [0.2, 0.25) is 0 Å². The Morgan fingerprint density at radius 2 is 2.25 bits per heavy atom. The van der Waals surface area contributed by atoms with Gasteiger partial charge in [-0.1, -0.05) is 0 Å². The highest BCUT2D eigenvalue weighted by Crippen LogP contribution is 2.28. The number of carbonyl (C=O) groups excluding carboxylic acids is 1. The monoisotopic (exact) mass is 298 g/mol. The van der Waals surface area contributed by atoms with E-state index >= 15 is 0 Å². The number of nitrogens with one attached hydrogen (secondary N) is 1. The first-order valence-corrected chi connectivity index (χ1v) is 7.42. The van der Waals surface area contributed by atoms with Crippen LogP contribution < -0.4 is 5.32 Å². The molecule has 1 fully saturated rings. The Hall–Kier alpha value is -1.60. The molecule has 0 spiro atoms. The van der Waals surface area contributed by atoms with Crippen molar-refractivity contribution in [3.63, 3.8) is 0 Å². The predicted molar refractivity (Wildman–Crippen MR) is 74.5 cm³/mol. The molecule has 1 heterocycles. The minimum Gasteiger partial charge on any atom is -0.480 e. The summed E-state index contributed by atoms with van der Waals surface area (Å²) in [5.74, 6) is -1.24. The van der Waals surface area contributed by atoms with Gasteiger partial charge in [0.15, 0.2) is 6.04 Å². The largest absolute Gasteiger partial charge is 0.480 e. The molecule has 0 saturated heterocycles. The molecule has 2 atom stereocenters. The van der Waals surface area contributed by atoms with Crippen LogP contribution in [0, 0.1) is 0 Å². The summed E-state index contributed by atoms with van der Waals surface area (Å²) >= 11 is 1.56. The molecule has 3 N–H and O–H groups in total. The van der Waals surface area contributed by atoms with E-state index in [1.165, 1.54) is 6.92 Å². The van der Waals surface area contributed by atoms with Gasteiger partial charge in [-0.2, -0.15) is 11.3 Å². The average Bonchev–Trinajstić information content (AvgIpc) is 3.09. The molecule has 2 rings (SSSR count). The summed E-state index contributed by atoms with van der Waals surface area (Å²) in [5, 5.41) is 24.7. The fourth-order valence-corrected chi connectivity index (χ4v) is 2.60. The van der Waals surface area contributed by atoms with Crippen LogP contribution in [0.4, 0.5) is 4.79 Å². The highest BCUT2D eigenvalue weighted by atomic mass is 32.1. The van der Waals surface area contributed by atoms with E-state index in [2.05, 4.69) is 5.32 Å². The normalized spacial score (nSPS) is 17.3. The molecule has 110 valence electrons. The zero-order valence-electron chi connectivity index (χ0n) is 11.2. The second-order valence-electron chi connectivity index (χ2n) is 5.00. The lowest BCUT2D eigenvalue weighted by Gasteiger charge is -2.25. The lowest BCUT2D eigenvalue weighted by Crippen LogP contribution is -2.52. The van der Waals surface area contributed by atoms with Gasteiger partial charge in [-0.05, 0) is 42.2 Å². The van der Waals surface area contributed by atoms with Crippen LogP contribution >= 0.6 is 11.3 Å². The van der Waals surface area contributed by atoms with Gasteiger partial charge in [-0.25, -0.2) is 9.59 Å². The van der Waals surface area contributed by atoms with Crippen molar-refractivity contribution in [1.82, 2.24) is 10.2 Å². The molecule has 2 amide bonds. The van der Waals surface area contributed by atoms with E-state index in [4.69, 9.17) is 5.11 Å². The number of aliphatic hydroxyl groups is 1. The quantitative estimate of drug-likeness (QED) is 0.737. The number of urea groups is 1. The van der Waals surface area contributed by atoms with Gasteiger partial charge in [0, 0.05) is 12.6 Å². The molecule has 1 aromatic rings. The lowest BCUT2D eigenvalue weighted by molar-refractivity contribution is -0.141. The van der Waals surface area contributed by atoms with E-state index in [0.717, 1.165) is 18.4 Å². The number of carboxylic acids is 1. The van der Waals surface area contributed by atoms with Crippen LogP contribution in [-0.4, -0.2) is 45.3 Å². The van der Waals surface area contributed by atoms with Crippen molar-refractivity contribution < 1.29 is 19.8 Å². The van der Waals surface area contributed by atoms with Crippen LogP contribution in [-0.2, 0) is 11.3 Å². The van der Waals surface area contributed by atoms with Crippen molar-refractivity contribution in [3.05, 3.63) is 22.4 Å². The summed E-state index contributed by atoms with van der Waals surface area (Å²) in [4.78, 5) is 24.9. The minimum absolute atomic E-state index is 0.165. The van der Waals surface area contributed by atoms with Crippen LogP contribution in [0.15, 0.2) is 16.8 Å². The summed E-state index contributed by atoms with van der Waals surface area (Å²) in [6, 6.07) is 0.382. The Bertz CT molecular complexity index is 471. The summed E-state index contributed by atoms with van der Waals surface area (Å²) in [7, 11) is 0. The summed E-state index contributed by atoms with van der Waals surface area (Å²) in [6.07, 6.45) is 0.729. The predicted octanol–water partition coefficient (Wildman–Crippen LogP) is 1.26. The highest BCUT2D eigenvalue weighted by Gasteiger charge is 2.35. The van der Waals surface area contributed by atoms with E-state index in [9.17, 15) is 14.7 Å². The molecule has 0 aliphatic heterocycles. The fourth-order valence-electron chi connectivity index (χ4n) is 1.94. The molecule has 0 bridgehead atoms. The molecular weight excluding hydrogens is 280 g/mol. The molecule has 7 heteroatoms.